The van der Waals surface area contributed by atoms with Gasteiger partial charge in [0.15, 0.2) is 5.17 Å². The van der Waals surface area contributed by atoms with Crippen molar-refractivity contribution < 1.29 is 14.3 Å². The molecular formula is C19H21BrN2O3S. The third-order valence-electron chi connectivity index (χ3n) is 4.28. The predicted molar refractivity (Wildman–Crippen MR) is 107 cm³/mol. The van der Waals surface area contributed by atoms with E-state index in [1.54, 1.807) is 11.8 Å². The molecule has 1 fully saturated rings. The molecule has 0 radical (unpaired) electrons. The van der Waals surface area contributed by atoms with Crippen LogP contribution in [0.4, 0.5) is 0 Å². The summed E-state index contributed by atoms with van der Waals surface area (Å²) in [7, 11) is 0. The summed E-state index contributed by atoms with van der Waals surface area (Å²) in [6, 6.07) is 7.10. The lowest BCUT2D eigenvalue weighted by Crippen LogP contribution is -2.41. The largest absolute Gasteiger partial charge is 0.459 e. The molecule has 26 heavy (non-hydrogen) atoms. The standard InChI is InChI=1S/C19H21BrN2O3S/c1-5-14-17(23)22-16(12-8-6-7-9-13(12)20)15(18(24)25-10(2)3)11(4)21-19(22)26-14/h6-10,14,16H,5H2,1-4H3. The fraction of sp³-hybridized carbons (Fsp3) is 0.421. The minimum atomic E-state index is -0.541. The number of amides is 1. The maximum Gasteiger partial charge on any atom is 0.338 e. The quantitative estimate of drug-likeness (QED) is 0.654. The van der Waals surface area contributed by atoms with Gasteiger partial charge >= 0.3 is 5.97 Å². The minimum Gasteiger partial charge on any atom is -0.459 e. The average molecular weight is 437 g/mol. The molecule has 0 aliphatic carbocycles. The van der Waals surface area contributed by atoms with Crippen molar-refractivity contribution in [3.05, 3.63) is 45.6 Å². The molecular weight excluding hydrogens is 416 g/mol. The molecule has 0 spiro atoms. The summed E-state index contributed by atoms with van der Waals surface area (Å²) in [6.07, 6.45) is 0.465. The van der Waals surface area contributed by atoms with E-state index in [1.807, 2.05) is 45.0 Å². The van der Waals surface area contributed by atoms with E-state index in [0.29, 0.717) is 22.9 Å². The van der Waals surface area contributed by atoms with E-state index in [2.05, 4.69) is 20.9 Å². The smallest absolute Gasteiger partial charge is 0.338 e. The van der Waals surface area contributed by atoms with Crippen molar-refractivity contribution in [1.82, 2.24) is 4.90 Å². The summed E-state index contributed by atoms with van der Waals surface area (Å²) in [4.78, 5) is 32.1. The van der Waals surface area contributed by atoms with E-state index in [-0.39, 0.29) is 17.3 Å². The number of rotatable bonds is 4. The fourth-order valence-corrected chi connectivity index (χ4v) is 4.75. The topological polar surface area (TPSA) is 59.0 Å². The number of nitrogens with zero attached hydrogens (tertiary/aromatic N) is 2. The molecule has 1 aromatic rings. The number of amidine groups is 1. The SMILES string of the molecule is CCC1SC2=NC(C)=C(C(=O)OC(C)C)C(c3ccccc3Br)N2C1=O. The molecule has 7 heteroatoms. The Balaban J connectivity index is 2.16. The molecule has 2 heterocycles. The molecule has 1 amide bonds. The van der Waals surface area contributed by atoms with Gasteiger partial charge in [0.25, 0.3) is 0 Å². The zero-order valence-electron chi connectivity index (χ0n) is 15.2. The first kappa shape index (κ1) is 19.2. The Hall–Kier alpha value is -1.60. The van der Waals surface area contributed by atoms with Crippen LogP contribution in [0, 0.1) is 0 Å². The van der Waals surface area contributed by atoms with Crippen LogP contribution in [0.1, 0.15) is 45.7 Å². The van der Waals surface area contributed by atoms with Crippen molar-refractivity contribution in [3.8, 4) is 0 Å². The maximum atomic E-state index is 13.0. The number of halogens is 1. The van der Waals surface area contributed by atoms with Crippen LogP contribution in [0.15, 0.2) is 45.0 Å². The highest BCUT2D eigenvalue weighted by molar-refractivity contribution is 9.10. The van der Waals surface area contributed by atoms with Gasteiger partial charge in [0.1, 0.15) is 0 Å². The van der Waals surface area contributed by atoms with Crippen LogP contribution in [0.2, 0.25) is 0 Å². The number of hydrogen-bond donors (Lipinski definition) is 0. The number of benzene rings is 1. The first-order valence-corrected chi connectivity index (χ1v) is 10.3. The predicted octanol–water partition coefficient (Wildman–Crippen LogP) is 4.44. The van der Waals surface area contributed by atoms with Crippen LogP contribution in [0.25, 0.3) is 0 Å². The van der Waals surface area contributed by atoms with Crippen molar-refractivity contribution in [2.75, 3.05) is 0 Å². The van der Waals surface area contributed by atoms with Crippen LogP contribution in [-0.2, 0) is 14.3 Å². The van der Waals surface area contributed by atoms with Gasteiger partial charge in [-0.05, 0) is 38.8 Å². The molecule has 2 atom stereocenters. The first-order chi connectivity index (χ1) is 12.3. The van der Waals surface area contributed by atoms with Gasteiger partial charge in [-0.25, -0.2) is 9.79 Å². The Labute approximate surface area is 166 Å². The van der Waals surface area contributed by atoms with Gasteiger partial charge < -0.3 is 4.74 Å². The zero-order chi connectivity index (χ0) is 19.0. The molecule has 1 saturated heterocycles. The van der Waals surface area contributed by atoms with E-state index in [4.69, 9.17) is 4.74 Å². The van der Waals surface area contributed by atoms with Crippen LogP contribution >= 0.6 is 27.7 Å². The number of esters is 1. The third-order valence-corrected chi connectivity index (χ3v) is 6.33. The third kappa shape index (κ3) is 3.34. The Bertz CT molecular complexity index is 819. The summed E-state index contributed by atoms with van der Waals surface area (Å²) in [5.41, 5.74) is 1.86. The van der Waals surface area contributed by atoms with Crippen LogP contribution < -0.4 is 0 Å². The van der Waals surface area contributed by atoms with Gasteiger partial charge in [-0.15, -0.1) is 0 Å². The van der Waals surface area contributed by atoms with Crippen LogP contribution in [0.3, 0.4) is 0 Å². The summed E-state index contributed by atoms with van der Waals surface area (Å²) >= 11 is 5.03. The van der Waals surface area contributed by atoms with E-state index in [1.165, 1.54) is 11.8 Å². The molecule has 0 N–H and O–H groups in total. The number of carbonyl (C=O) groups is 2. The molecule has 0 bridgehead atoms. The van der Waals surface area contributed by atoms with Crippen molar-refractivity contribution >= 4 is 44.7 Å². The Morgan fingerprint density at radius 3 is 2.69 bits per heavy atom. The Morgan fingerprint density at radius 2 is 2.08 bits per heavy atom. The second-order valence-corrected chi connectivity index (χ2v) is 8.52. The van der Waals surface area contributed by atoms with Crippen LogP contribution in [0.5, 0.6) is 0 Å². The highest BCUT2D eigenvalue weighted by atomic mass is 79.9. The maximum absolute atomic E-state index is 13.0. The zero-order valence-corrected chi connectivity index (χ0v) is 17.6. The van der Waals surface area contributed by atoms with Crippen molar-refractivity contribution in [2.24, 2.45) is 4.99 Å². The summed E-state index contributed by atoms with van der Waals surface area (Å²) in [6.45, 7) is 7.40. The van der Waals surface area contributed by atoms with Crippen molar-refractivity contribution in [2.45, 2.75) is 51.5 Å². The highest BCUT2D eigenvalue weighted by Crippen LogP contribution is 2.45. The summed E-state index contributed by atoms with van der Waals surface area (Å²) in [5, 5.41) is 0.480. The van der Waals surface area contributed by atoms with Gasteiger partial charge in [0.05, 0.1) is 28.7 Å². The number of carbonyl (C=O) groups excluding carboxylic acids is 2. The Kier molecular flexibility index (Phi) is 5.58. The van der Waals surface area contributed by atoms with Gasteiger partial charge in [-0.2, -0.15) is 0 Å². The number of fused-ring (bicyclic) bond motifs is 1. The molecule has 138 valence electrons. The first-order valence-electron chi connectivity index (χ1n) is 8.59. The summed E-state index contributed by atoms with van der Waals surface area (Å²) in [5.74, 6) is -0.446. The lowest BCUT2D eigenvalue weighted by atomic mass is 9.94. The number of aliphatic imine (C=N–C) groups is 1. The van der Waals surface area contributed by atoms with E-state index in [0.717, 1.165) is 10.0 Å². The summed E-state index contributed by atoms with van der Waals surface area (Å²) < 4.78 is 6.30. The molecule has 2 aliphatic rings. The number of hydrogen-bond acceptors (Lipinski definition) is 5. The average Bonchev–Trinajstić information content (AvgIpc) is 2.89. The van der Waals surface area contributed by atoms with Gasteiger partial charge in [-0.3, -0.25) is 9.69 Å². The number of allylic oxidation sites excluding steroid dienone is 1. The Morgan fingerprint density at radius 1 is 1.38 bits per heavy atom. The van der Waals surface area contributed by atoms with Crippen molar-refractivity contribution in [1.29, 1.82) is 0 Å². The lowest BCUT2D eigenvalue weighted by Gasteiger charge is -2.33. The monoisotopic (exact) mass is 436 g/mol. The van der Waals surface area contributed by atoms with Gasteiger partial charge in [0.2, 0.25) is 5.91 Å². The fourth-order valence-electron chi connectivity index (χ4n) is 3.12. The molecule has 2 aliphatic heterocycles. The molecule has 0 saturated carbocycles. The van der Waals surface area contributed by atoms with Gasteiger partial charge in [-0.1, -0.05) is 52.8 Å². The van der Waals surface area contributed by atoms with E-state index < -0.39 is 12.0 Å². The van der Waals surface area contributed by atoms with E-state index >= 15 is 0 Å². The molecule has 5 nitrogen and oxygen atoms in total. The highest BCUT2D eigenvalue weighted by Gasteiger charge is 2.47. The lowest BCUT2D eigenvalue weighted by molar-refractivity contribution is -0.143. The number of ether oxygens (including phenoxy) is 1. The van der Waals surface area contributed by atoms with Gasteiger partial charge in [0, 0.05) is 4.47 Å². The normalized spacial score (nSPS) is 22.6. The second kappa shape index (κ2) is 7.56. The minimum absolute atomic E-state index is 0.0145. The second-order valence-electron chi connectivity index (χ2n) is 6.49. The molecule has 0 aromatic heterocycles. The van der Waals surface area contributed by atoms with E-state index in [9.17, 15) is 9.59 Å². The molecule has 3 rings (SSSR count). The van der Waals surface area contributed by atoms with Crippen LogP contribution in [-0.4, -0.2) is 33.3 Å². The van der Waals surface area contributed by atoms with Crippen molar-refractivity contribution in [3.63, 3.8) is 0 Å². The number of thioether (sulfide) groups is 1. The molecule has 1 aromatic carbocycles. The molecule has 2 unspecified atom stereocenters.